The van der Waals surface area contributed by atoms with Gasteiger partial charge in [-0.1, -0.05) is 0 Å². The van der Waals surface area contributed by atoms with Crippen molar-refractivity contribution >= 4 is 28.9 Å². The molecule has 1 aliphatic heterocycles. The van der Waals surface area contributed by atoms with Gasteiger partial charge in [-0.3, -0.25) is 9.59 Å². The molecule has 2 amide bonds. The zero-order chi connectivity index (χ0) is 21.6. The maximum absolute atomic E-state index is 12.6. The molecular weight excluding hydrogens is 394 g/mol. The molecule has 31 heavy (non-hydrogen) atoms. The summed E-state index contributed by atoms with van der Waals surface area (Å²) in [5, 5.41) is 2.90. The maximum atomic E-state index is 12.6. The number of morpholine rings is 1. The van der Waals surface area contributed by atoms with Gasteiger partial charge in [0.15, 0.2) is 5.76 Å². The number of nitrogens with one attached hydrogen (secondary N) is 1. The predicted molar refractivity (Wildman–Crippen MR) is 120 cm³/mol. The SMILES string of the molecule is CCN(C(=O)c1ccco1)c1ccc(NC(=O)c2ccc(N3CCOCC3)cc2)cc1. The Kier molecular flexibility index (Phi) is 6.33. The highest BCUT2D eigenvalue weighted by atomic mass is 16.5. The van der Waals surface area contributed by atoms with Gasteiger partial charge in [-0.2, -0.15) is 0 Å². The minimum Gasteiger partial charge on any atom is -0.459 e. The number of benzene rings is 2. The molecule has 7 nitrogen and oxygen atoms in total. The molecule has 0 spiro atoms. The highest BCUT2D eigenvalue weighted by Gasteiger charge is 2.18. The zero-order valence-electron chi connectivity index (χ0n) is 17.4. The first kappa shape index (κ1) is 20.7. The fraction of sp³-hybridized carbons (Fsp3) is 0.250. The van der Waals surface area contributed by atoms with Gasteiger partial charge in [0.2, 0.25) is 0 Å². The molecular formula is C24H25N3O4. The molecule has 4 rings (SSSR count). The number of amides is 2. The summed E-state index contributed by atoms with van der Waals surface area (Å²) in [6.45, 7) is 5.56. The van der Waals surface area contributed by atoms with Crippen molar-refractivity contribution < 1.29 is 18.7 Å². The minimum absolute atomic E-state index is 0.180. The molecule has 2 heterocycles. The van der Waals surface area contributed by atoms with Crippen LogP contribution in [0.15, 0.2) is 71.3 Å². The fourth-order valence-electron chi connectivity index (χ4n) is 3.55. The lowest BCUT2D eigenvalue weighted by atomic mass is 10.1. The smallest absolute Gasteiger partial charge is 0.293 e. The molecule has 160 valence electrons. The van der Waals surface area contributed by atoms with E-state index in [1.807, 2.05) is 43.3 Å². The van der Waals surface area contributed by atoms with Crippen LogP contribution in [0.3, 0.4) is 0 Å². The van der Waals surface area contributed by atoms with E-state index < -0.39 is 0 Å². The van der Waals surface area contributed by atoms with Gasteiger partial charge in [-0.25, -0.2) is 0 Å². The highest BCUT2D eigenvalue weighted by molar-refractivity contribution is 6.05. The third-order valence-corrected chi connectivity index (χ3v) is 5.24. The number of nitrogens with zero attached hydrogens (tertiary/aromatic N) is 2. The van der Waals surface area contributed by atoms with E-state index in [0.717, 1.165) is 37.7 Å². The van der Waals surface area contributed by atoms with Crippen LogP contribution in [0.1, 0.15) is 27.8 Å². The molecule has 0 unspecified atom stereocenters. The third-order valence-electron chi connectivity index (χ3n) is 5.24. The summed E-state index contributed by atoms with van der Waals surface area (Å²) in [7, 11) is 0. The van der Waals surface area contributed by atoms with Crippen LogP contribution >= 0.6 is 0 Å². The molecule has 1 fully saturated rings. The number of hydrogen-bond acceptors (Lipinski definition) is 5. The van der Waals surface area contributed by atoms with Gasteiger partial charge >= 0.3 is 0 Å². The van der Waals surface area contributed by atoms with Gasteiger partial charge in [0, 0.05) is 42.3 Å². The minimum atomic E-state index is -0.204. The van der Waals surface area contributed by atoms with Crippen LogP contribution in [0.4, 0.5) is 17.1 Å². The number of furan rings is 1. The van der Waals surface area contributed by atoms with Crippen LogP contribution in [0.25, 0.3) is 0 Å². The first-order chi connectivity index (χ1) is 15.2. The molecule has 0 aliphatic carbocycles. The lowest BCUT2D eigenvalue weighted by Gasteiger charge is -2.28. The number of carbonyl (C=O) groups excluding carboxylic acids is 2. The summed E-state index contributed by atoms with van der Waals surface area (Å²) < 4.78 is 10.6. The average molecular weight is 419 g/mol. The summed E-state index contributed by atoms with van der Waals surface area (Å²) in [6, 6.07) is 18.1. The lowest BCUT2D eigenvalue weighted by molar-refractivity contribution is 0.0960. The monoisotopic (exact) mass is 419 g/mol. The molecule has 1 aliphatic rings. The van der Waals surface area contributed by atoms with Crippen LogP contribution < -0.4 is 15.1 Å². The van der Waals surface area contributed by atoms with E-state index in [-0.39, 0.29) is 11.8 Å². The molecule has 3 aromatic rings. The second kappa shape index (κ2) is 9.49. The summed E-state index contributed by atoms with van der Waals surface area (Å²) >= 11 is 0. The number of hydrogen-bond donors (Lipinski definition) is 1. The Bertz CT molecular complexity index is 1010. The molecule has 2 aromatic carbocycles. The third kappa shape index (κ3) is 4.78. The summed E-state index contributed by atoms with van der Waals surface area (Å²) in [5.41, 5.74) is 3.07. The Morgan fingerprint density at radius 1 is 1.00 bits per heavy atom. The van der Waals surface area contributed by atoms with Crippen molar-refractivity contribution in [3.8, 4) is 0 Å². The average Bonchev–Trinajstić information content (AvgIpc) is 3.36. The highest BCUT2D eigenvalue weighted by Crippen LogP contribution is 2.22. The second-order valence-electron chi connectivity index (χ2n) is 7.17. The van der Waals surface area contributed by atoms with Gasteiger partial charge in [0.1, 0.15) is 0 Å². The first-order valence-corrected chi connectivity index (χ1v) is 10.4. The molecule has 0 saturated carbocycles. The molecule has 1 N–H and O–H groups in total. The zero-order valence-corrected chi connectivity index (χ0v) is 17.4. The number of rotatable bonds is 6. The first-order valence-electron chi connectivity index (χ1n) is 10.4. The van der Waals surface area contributed by atoms with Crippen LogP contribution in [0.5, 0.6) is 0 Å². The van der Waals surface area contributed by atoms with Crippen molar-refractivity contribution in [2.45, 2.75) is 6.92 Å². The van der Waals surface area contributed by atoms with E-state index in [0.29, 0.717) is 23.6 Å². The van der Waals surface area contributed by atoms with Gasteiger partial charge in [0.25, 0.3) is 11.8 Å². The van der Waals surface area contributed by atoms with E-state index in [2.05, 4.69) is 10.2 Å². The van der Waals surface area contributed by atoms with Crippen molar-refractivity contribution in [1.29, 1.82) is 0 Å². The van der Waals surface area contributed by atoms with Crippen molar-refractivity contribution in [2.75, 3.05) is 48.0 Å². The fourth-order valence-corrected chi connectivity index (χ4v) is 3.55. The van der Waals surface area contributed by atoms with Gasteiger partial charge in [-0.05, 0) is 67.6 Å². The standard InChI is InChI=1S/C24H25N3O4/c1-2-27(24(29)22-4-3-15-31-22)21-11-7-19(8-12-21)25-23(28)18-5-9-20(10-6-18)26-13-16-30-17-14-26/h3-12,15H,2,13-14,16-17H2,1H3,(H,25,28). The quantitative estimate of drug-likeness (QED) is 0.653. The van der Waals surface area contributed by atoms with Crippen molar-refractivity contribution in [3.63, 3.8) is 0 Å². The van der Waals surface area contributed by atoms with Crippen LogP contribution in [0, 0.1) is 0 Å². The van der Waals surface area contributed by atoms with E-state index in [1.165, 1.54) is 6.26 Å². The summed E-state index contributed by atoms with van der Waals surface area (Å²) in [5.74, 6) is -0.0929. The normalized spacial score (nSPS) is 13.6. The number of anilines is 3. The predicted octanol–water partition coefficient (Wildman–Crippen LogP) is 4.04. The lowest BCUT2D eigenvalue weighted by Crippen LogP contribution is -2.36. The maximum Gasteiger partial charge on any atom is 0.293 e. The molecule has 7 heteroatoms. The Hall–Kier alpha value is -3.58. The van der Waals surface area contributed by atoms with Gasteiger partial charge in [0.05, 0.1) is 19.5 Å². The Morgan fingerprint density at radius 3 is 2.32 bits per heavy atom. The van der Waals surface area contributed by atoms with Crippen LogP contribution in [-0.2, 0) is 4.74 Å². The number of carbonyl (C=O) groups is 2. The molecule has 0 radical (unpaired) electrons. The van der Waals surface area contributed by atoms with Crippen molar-refractivity contribution in [1.82, 2.24) is 0 Å². The van der Waals surface area contributed by atoms with E-state index >= 15 is 0 Å². The Labute approximate surface area is 181 Å². The van der Waals surface area contributed by atoms with E-state index in [4.69, 9.17) is 9.15 Å². The largest absolute Gasteiger partial charge is 0.459 e. The molecule has 1 saturated heterocycles. The molecule has 0 bridgehead atoms. The van der Waals surface area contributed by atoms with E-state index in [1.54, 1.807) is 29.2 Å². The number of ether oxygens (including phenoxy) is 1. The van der Waals surface area contributed by atoms with Crippen LogP contribution in [-0.4, -0.2) is 44.7 Å². The van der Waals surface area contributed by atoms with Crippen molar-refractivity contribution in [2.24, 2.45) is 0 Å². The van der Waals surface area contributed by atoms with E-state index in [9.17, 15) is 9.59 Å². The van der Waals surface area contributed by atoms with Crippen molar-refractivity contribution in [3.05, 3.63) is 78.3 Å². The van der Waals surface area contributed by atoms with Gasteiger partial charge in [-0.15, -0.1) is 0 Å². The summed E-state index contributed by atoms with van der Waals surface area (Å²) in [6.07, 6.45) is 1.48. The summed E-state index contributed by atoms with van der Waals surface area (Å²) in [4.78, 5) is 29.1. The topological polar surface area (TPSA) is 75.0 Å². The second-order valence-corrected chi connectivity index (χ2v) is 7.17. The van der Waals surface area contributed by atoms with Gasteiger partial charge < -0.3 is 24.3 Å². The van der Waals surface area contributed by atoms with Crippen LogP contribution in [0.2, 0.25) is 0 Å². The Morgan fingerprint density at radius 2 is 1.71 bits per heavy atom. The molecule has 1 aromatic heterocycles. The molecule has 0 atom stereocenters. The Balaban J connectivity index is 1.40.